The van der Waals surface area contributed by atoms with Crippen LogP contribution in [0.1, 0.15) is 42.9 Å². The van der Waals surface area contributed by atoms with E-state index in [1.165, 1.54) is 21.9 Å². The van der Waals surface area contributed by atoms with Crippen LogP contribution in [0.5, 0.6) is 0 Å². The summed E-state index contributed by atoms with van der Waals surface area (Å²) in [5.74, 6) is -1.18. The van der Waals surface area contributed by atoms with Crippen LogP contribution in [0.15, 0.2) is 84.9 Å². The number of carbonyl (C=O) groups excluding carboxylic acids is 1. The number of rotatable bonds is 7. The maximum absolute atomic E-state index is 13.8. The van der Waals surface area contributed by atoms with Crippen LogP contribution in [0.2, 0.25) is 0 Å². The number of nitrogens with one attached hydrogen (secondary N) is 1. The highest BCUT2D eigenvalue weighted by molar-refractivity contribution is 5.87. The van der Waals surface area contributed by atoms with Gasteiger partial charge in [-0.1, -0.05) is 84.9 Å². The molecule has 1 saturated carbocycles. The average molecular weight is 509 g/mol. The Hall–Kier alpha value is -3.44. The SMILES string of the molecule is C[C@@H](NCC1CN(C(=O)C2C3C=CC(C3)C2C(=O)O)CCC1c1ccccc1)c1cccc2ccccc12. The Morgan fingerprint density at radius 1 is 0.947 bits per heavy atom. The number of piperidine rings is 1. The first kappa shape index (κ1) is 24.9. The van der Waals surface area contributed by atoms with Crippen LogP contribution in [0, 0.1) is 29.6 Å². The van der Waals surface area contributed by atoms with Crippen molar-refractivity contribution >= 4 is 22.6 Å². The third kappa shape index (κ3) is 4.54. The molecule has 6 rings (SSSR count). The summed E-state index contributed by atoms with van der Waals surface area (Å²) in [5.41, 5.74) is 2.59. The molecule has 2 bridgehead atoms. The Morgan fingerprint density at radius 3 is 2.45 bits per heavy atom. The van der Waals surface area contributed by atoms with Gasteiger partial charge in [-0.25, -0.2) is 0 Å². The standard InChI is InChI=1S/C33H36N2O3/c1-21(27-13-7-11-23-10-5-6-12-29(23)27)34-19-26-20-35(17-16-28(26)22-8-3-2-4-9-22)32(36)30-24-14-15-25(18-24)31(30)33(37)38/h2-15,21,24-26,28,30-31,34H,16-20H2,1H3,(H,37,38)/t21-,24?,25?,26?,28?,30?,31?/m1/s1. The van der Waals surface area contributed by atoms with Crippen molar-refractivity contribution in [1.82, 2.24) is 10.2 Å². The van der Waals surface area contributed by atoms with Gasteiger partial charge >= 0.3 is 5.97 Å². The van der Waals surface area contributed by atoms with E-state index in [9.17, 15) is 14.7 Å². The maximum atomic E-state index is 13.8. The average Bonchev–Trinajstić information content (AvgIpc) is 3.58. The van der Waals surface area contributed by atoms with Gasteiger partial charge in [-0.15, -0.1) is 0 Å². The lowest BCUT2D eigenvalue weighted by Gasteiger charge is -2.41. The molecule has 0 spiro atoms. The van der Waals surface area contributed by atoms with Crippen molar-refractivity contribution in [3.8, 4) is 0 Å². The fraction of sp³-hybridized carbons (Fsp3) is 0.394. The zero-order chi connectivity index (χ0) is 26.2. The largest absolute Gasteiger partial charge is 0.481 e. The first-order valence-electron chi connectivity index (χ1n) is 14.0. The summed E-state index contributed by atoms with van der Waals surface area (Å²) in [6.07, 6.45) is 5.77. The smallest absolute Gasteiger partial charge is 0.307 e. The van der Waals surface area contributed by atoms with E-state index >= 15 is 0 Å². The van der Waals surface area contributed by atoms with Gasteiger partial charge in [0.05, 0.1) is 11.8 Å². The van der Waals surface area contributed by atoms with Crippen LogP contribution >= 0.6 is 0 Å². The summed E-state index contributed by atoms with van der Waals surface area (Å²) in [6, 6.07) is 25.7. The van der Waals surface area contributed by atoms with Crippen molar-refractivity contribution in [2.45, 2.75) is 31.7 Å². The van der Waals surface area contributed by atoms with Crippen LogP contribution in [-0.2, 0) is 9.59 Å². The van der Waals surface area contributed by atoms with Gasteiger partial charge in [0.15, 0.2) is 0 Å². The molecule has 38 heavy (non-hydrogen) atoms. The second-order valence-electron chi connectivity index (χ2n) is 11.4. The number of benzene rings is 3. The monoisotopic (exact) mass is 508 g/mol. The molecule has 3 aromatic carbocycles. The number of fused-ring (bicyclic) bond motifs is 3. The number of hydrogen-bond donors (Lipinski definition) is 2. The fourth-order valence-electron chi connectivity index (χ4n) is 7.35. The lowest BCUT2D eigenvalue weighted by Crippen LogP contribution is -2.50. The lowest BCUT2D eigenvalue weighted by atomic mass is 9.78. The van der Waals surface area contributed by atoms with E-state index in [1.807, 2.05) is 17.0 Å². The Morgan fingerprint density at radius 2 is 1.66 bits per heavy atom. The minimum absolute atomic E-state index is 0.00711. The Bertz CT molecular complexity index is 1350. The molecule has 2 aliphatic carbocycles. The Labute approximate surface area is 224 Å². The first-order valence-corrected chi connectivity index (χ1v) is 14.0. The number of amides is 1. The molecule has 1 aliphatic heterocycles. The molecule has 1 saturated heterocycles. The van der Waals surface area contributed by atoms with Gasteiger partial charge in [0.1, 0.15) is 0 Å². The number of carboxylic acids is 1. The summed E-state index contributed by atoms with van der Waals surface area (Å²) in [6.45, 7) is 4.33. The van der Waals surface area contributed by atoms with Crippen LogP contribution in [0.4, 0.5) is 0 Å². The van der Waals surface area contributed by atoms with E-state index in [2.05, 4.69) is 85.0 Å². The Kier molecular flexibility index (Phi) is 6.79. The second kappa shape index (κ2) is 10.4. The molecule has 6 unspecified atom stereocenters. The number of carboxylic acid groups (broad SMARTS) is 1. The molecule has 0 aromatic heterocycles. The van der Waals surface area contributed by atoms with E-state index in [0.29, 0.717) is 19.0 Å². The highest BCUT2D eigenvalue weighted by atomic mass is 16.4. The lowest BCUT2D eigenvalue weighted by molar-refractivity contribution is -0.151. The number of allylic oxidation sites excluding steroid dienone is 2. The van der Waals surface area contributed by atoms with Gasteiger partial charge in [-0.05, 0) is 65.3 Å². The van der Waals surface area contributed by atoms with E-state index in [0.717, 1.165) is 19.4 Å². The van der Waals surface area contributed by atoms with Crippen molar-refractivity contribution in [2.75, 3.05) is 19.6 Å². The topological polar surface area (TPSA) is 69.6 Å². The molecule has 1 heterocycles. The van der Waals surface area contributed by atoms with Crippen LogP contribution in [0.25, 0.3) is 10.8 Å². The third-order valence-electron chi connectivity index (χ3n) is 9.28. The second-order valence-corrected chi connectivity index (χ2v) is 11.4. The molecule has 7 atom stereocenters. The maximum Gasteiger partial charge on any atom is 0.307 e. The molecule has 0 radical (unpaired) electrons. The van der Waals surface area contributed by atoms with Gasteiger partial charge in [0.2, 0.25) is 5.91 Å². The van der Waals surface area contributed by atoms with Crippen LogP contribution in [0.3, 0.4) is 0 Å². The van der Waals surface area contributed by atoms with E-state index < -0.39 is 17.8 Å². The van der Waals surface area contributed by atoms with Crippen molar-refractivity contribution in [3.05, 3.63) is 96.1 Å². The van der Waals surface area contributed by atoms with Gasteiger partial charge < -0.3 is 15.3 Å². The van der Waals surface area contributed by atoms with Crippen LogP contribution < -0.4 is 5.32 Å². The van der Waals surface area contributed by atoms with Gasteiger partial charge in [0.25, 0.3) is 0 Å². The number of likely N-dealkylation sites (tertiary alicyclic amines) is 1. The van der Waals surface area contributed by atoms with E-state index in [4.69, 9.17) is 0 Å². The van der Waals surface area contributed by atoms with Crippen molar-refractivity contribution in [1.29, 1.82) is 0 Å². The highest BCUT2D eigenvalue weighted by Crippen LogP contribution is 2.49. The molecule has 5 nitrogen and oxygen atoms in total. The predicted molar refractivity (Wildman–Crippen MR) is 150 cm³/mol. The quantitative estimate of drug-likeness (QED) is 0.405. The minimum Gasteiger partial charge on any atom is -0.481 e. The molecule has 5 heteroatoms. The van der Waals surface area contributed by atoms with Crippen molar-refractivity contribution < 1.29 is 14.7 Å². The molecular formula is C33H36N2O3. The van der Waals surface area contributed by atoms with E-state index in [-0.39, 0.29) is 29.7 Å². The molecule has 3 aliphatic rings. The molecule has 1 amide bonds. The summed E-state index contributed by atoms with van der Waals surface area (Å²) in [7, 11) is 0. The third-order valence-corrected chi connectivity index (χ3v) is 9.28. The first-order chi connectivity index (χ1) is 18.5. The number of hydrogen-bond acceptors (Lipinski definition) is 3. The Balaban J connectivity index is 1.22. The zero-order valence-electron chi connectivity index (χ0n) is 21.9. The normalized spacial score (nSPS) is 29.0. The van der Waals surface area contributed by atoms with Crippen molar-refractivity contribution in [3.63, 3.8) is 0 Å². The summed E-state index contributed by atoms with van der Waals surface area (Å²) >= 11 is 0. The number of carbonyl (C=O) groups is 2. The van der Waals surface area contributed by atoms with Gasteiger partial charge in [-0.2, -0.15) is 0 Å². The number of nitrogens with zero attached hydrogens (tertiary/aromatic N) is 1. The molecule has 3 aromatic rings. The molecule has 2 N–H and O–H groups in total. The van der Waals surface area contributed by atoms with Crippen LogP contribution in [-0.4, -0.2) is 41.5 Å². The van der Waals surface area contributed by atoms with Crippen molar-refractivity contribution in [2.24, 2.45) is 29.6 Å². The fourth-order valence-corrected chi connectivity index (χ4v) is 7.35. The molecule has 2 fully saturated rings. The summed E-state index contributed by atoms with van der Waals surface area (Å²) in [5, 5.41) is 16.2. The van der Waals surface area contributed by atoms with Gasteiger partial charge in [0, 0.05) is 25.7 Å². The predicted octanol–water partition coefficient (Wildman–Crippen LogP) is 5.65. The van der Waals surface area contributed by atoms with Gasteiger partial charge in [-0.3, -0.25) is 9.59 Å². The highest BCUT2D eigenvalue weighted by Gasteiger charge is 2.53. The summed E-state index contributed by atoms with van der Waals surface area (Å²) < 4.78 is 0. The minimum atomic E-state index is -0.832. The number of aliphatic carboxylic acids is 1. The zero-order valence-corrected chi connectivity index (χ0v) is 21.9. The molecule has 196 valence electrons. The summed E-state index contributed by atoms with van der Waals surface area (Å²) in [4.78, 5) is 27.9. The van der Waals surface area contributed by atoms with E-state index in [1.54, 1.807) is 0 Å². The molecular weight excluding hydrogens is 472 g/mol.